The van der Waals surface area contributed by atoms with E-state index in [0.717, 1.165) is 25.0 Å². The third kappa shape index (κ3) is 4.05. The van der Waals surface area contributed by atoms with E-state index in [2.05, 4.69) is 31.1 Å². The molecule has 0 aromatic carbocycles. The summed E-state index contributed by atoms with van der Waals surface area (Å²) in [5.41, 5.74) is 1.16. The molecule has 0 saturated heterocycles. The molecule has 2 unspecified atom stereocenters. The SMILES string of the molecule is CCCC(OC)C(Cc1nc(C)c(C)s1)NC. The maximum Gasteiger partial charge on any atom is 0.0947 e. The normalized spacial score (nSPS) is 14.9. The van der Waals surface area contributed by atoms with Gasteiger partial charge in [0, 0.05) is 24.4 Å². The summed E-state index contributed by atoms with van der Waals surface area (Å²) in [6, 6.07) is 0.352. The van der Waals surface area contributed by atoms with Crippen molar-refractivity contribution < 1.29 is 4.74 Å². The molecule has 0 aliphatic carbocycles. The minimum atomic E-state index is 0.273. The molecule has 0 aliphatic heterocycles. The fourth-order valence-corrected chi connectivity index (χ4v) is 2.99. The first-order chi connectivity index (χ1) is 8.12. The van der Waals surface area contributed by atoms with Crippen LogP contribution in [0.1, 0.15) is 35.3 Å². The predicted molar refractivity (Wildman–Crippen MR) is 73.8 cm³/mol. The van der Waals surface area contributed by atoms with E-state index in [0.29, 0.717) is 6.04 Å². The molecular formula is C13H24N2OS. The van der Waals surface area contributed by atoms with Crippen LogP contribution >= 0.6 is 11.3 Å². The van der Waals surface area contributed by atoms with E-state index in [1.54, 1.807) is 18.4 Å². The van der Waals surface area contributed by atoms with Gasteiger partial charge in [-0.15, -0.1) is 11.3 Å². The number of nitrogens with one attached hydrogen (secondary N) is 1. The van der Waals surface area contributed by atoms with Crippen LogP contribution < -0.4 is 5.32 Å². The smallest absolute Gasteiger partial charge is 0.0947 e. The number of nitrogens with zero attached hydrogens (tertiary/aromatic N) is 1. The molecule has 0 radical (unpaired) electrons. The average Bonchev–Trinajstić information content (AvgIpc) is 2.63. The zero-order valence-electron chi connectivity index (χ0n) is 11.5. The van der Waals surface area contributed by atoms with Gasteiger partial charge in [-0.3, -0.25) is 0 Å². The Morgan fingerprint density at radius 3 is 2.53 bits per heavy atom. The third-order valence-electron chi connectivity index (χ3n) is 3.16. The van der Waals surface area contributed by atoms with Crippen LogP contribution in [0.4, 0.5) is 0 Å². The first-order valence-corrected chi connectivity index (χ1v) is 7.07. The number of likely N-dealkylation sites (N-methyl/N-ethyl adjacent to an activating group) is 1. The second-order valence-electron chi connectivity index (χ2n) is 4.41. The van der Waals surface area contributed by atoms with Crippen LogP contribution in [0.3, 0.4) is 0 Å². The summed E-state index contributed by atoms with van der Waals surface area (Å²) < 4.78 is 5.57. The number of rotatable bonds is 7. The topological polar surface area (TPSA) is 34.1 Å². The van der Waals surface area contributed by atoms with E-state index in [1.165, 1.54) is 9.88 Å². The van der Waals surface area contributed by atoms with Gasteiger partial charge in [0.05, 0.1) is 16.8 Å². The summed E-state index contributed by atoms with van der Waals surface area (Å²) in [6.07, 6.45) is 3.46. The number of thiazole rings is 1. The molecule has 0 fully saturated rings. The molecule has 0 bridgehead atoms. The van der Waals surface area contributed by atoms with Crippen molar-refractivity contribution >= 4 is 11.3 Å². The van der Waals surface area contributed by atoms with Gasteiger partial charge in [0.15, 0.2) is 0 Å². The van der Waals surface area contributed by atoms with Crippen molar-refractivity contribution in [3.05, 3.63) is 15.6 Å². The van der Waals surface area contributed by atoms with E-state index in [9.17, 15) is 0 Å². The lowest BCUT2D eigenvalue weighted by atomic mass is 10.0. The molecule has 4 heteroatoms. The fraction of sp³-hybridized carbons (Fsp3) is 0.769. The summed E-state index contributed by atoms with van der Waals surface area (Å²) in [5, 5.41) is 4.56. The number of ether oxygens (including phenoxy) is 1. The molecule has 2 atom stereocenters. The molecule has 0 spiro atoms. The predicted octanol–water partition coefficient (Wildman–Crippen LogP) is 2.71. The summed E-state index contributed by atoms with van der Waals surface area (Å²) in [5.74, 6) is 0. The number of hydrogen-bond acceptors (Lipinski definition) is 4. The van der Waals surface area contributed by atoms with Gasteiger partial charge in [-0.1, -0.05) is 13.3 Å². The van der Waals surface area contributed by atoms with Crippen molar-refractivity contribution in [1.82, 2.24) is 10.3 Å². The molecule has 1 heterocycles. The van der Waals surface area contributed by atoms with Gasteiger partial charge in [-0.2, -0.15) is 0 Å². The van der Waals surface area contributed by atoms with Crippen LogP contribution in [0.2, 0.25) is 0 Å². The van der Waals surface area contributed by atoms with E-state index in [-0.39, 0.29) is 6.10 Å². The quantitative estimate of drug-likeness (QED) is 0.814. The zero-order chi connectivity index (χ0) is 12.8. The Morgan fingerprint density at radius 1 is 1.41 bits per heavy atom. The van der Waals surface area contributed by atoms with Crippen molar-refractivity contribution in [2.75, 3.05) is 14.2 Å². The first kappa shape index (κ1) is 14.6. The molecular weight excluding hydrogens is 232 g/mol. The first-order valence-electron chi connectivity index (χ1n) is 6.25. The Bertz CT molecular complexity index is 319. The van der Waals surface area contributed by atoms with Gasteiger partial charge in [-0.05, 0) is 27.3 Å². The van der Waals surface area contributed by atoms with Crippen LogP contribution in [0.25, 0.3) is 0 Å². The molecule has 98 valence electrons. The molecule has 3 nitrogen and oxygen atoms in total. The molecule has 0 aliphatic rings. The Morgan fingerprint density at radius 2 is 2.12 bits per heavy atom. The van der Waals surface area contributed by atoms with Gasteiger partial charge in [0.1, 0.15) is 0 Å². The van der Waals surface area contributed by atoms with Crippen molar-refractivity contribution in [3.63, 3.8) is 0 Å². The highest BCUT2D eigenvalue weighted by Crippen LogP contribution is 2.20. The number of aryl methyl sites for hydroxylation is 2. The summed E-state index contributed by atoms with van der Waals surface area (Å²) >= 11 is 1.80. The van der Waals surface area contributed by atoms with Crippen LogP contribution in [-0.2, 0) is 11.2 Å². The standard InChI is InChI=1S/C13H24N2OS/c1-6-7-12(16-5)11(14-4)8-13-15-9(2)10(3)17-13/h11-12,14H,6-8H2,1-5H3. The molecule has 1 rings (SSSR count). The van der Waals surface area contributed by atoms with Gasteiger partial charge < -0.3 is 10.1 Å². The maximum atomic E-state index is 5.57. The van der Waals surface area contributed by atoms with Crippen molar-refractivity contribution in [2.24, 2.45) is 0 Å². The highest BCUT2D eigenvalue weighted by molar-refractivity contribution is 7.11. The maximum absolute atomic E-state index is 5.57. The van der Waals surface area contributed by atoms with E-state index in [4.69, 9.17) is 4.74 Å². The highest BCUT2D eigenvalue weighted by Gasteiger charge is 2.20. The van der Waals surface area contributed by atoms with Gasteiger partial charge in [0.2, 0.25) is 0 Å². The largest absolute Gasteiger partial charge is 0.380 e. The second kappa shape index (κ2) is 7.09. The summed E-state index contributed by atoms with van der Waals surface area (Å²) in [4.78, 5) is 5.92. The molecule has 1 aromatic heterocycles. The summed E-state index contributed by atoms with van der Waals surface area (Å²) in [7, 11) is 3.79. The van der Waals surface area contributed by atoms with Gasteiger partial charge in [-0.25, -0.2) is 4.98 Å². The fourth-order valence-electron chi connectivity index (χ4n) is 2.00. The third-order valence-corrected chi connectivity index (χ3v) is 4.26. The lowest BCUT2D eigenvalue weighted by Crippen LogP contribution is -2.40. The van der Waals surface area contributed by atoms with Gasteiger partial charge >= 0.3 is 0 Å². The number of methoxy groups -OCH3 is 1. The Labute approximate surface area is 109 Å². The lowest BCUT2D eigenvalue weighted by Gasteiger charge is -2.24. The monoisotopic (exact) mass is 256 g/mol. The molecule has 1 N–H and O–H groups in total. The average molecular weight is 256 g/mol. The van der Waals surface area contributed by atoms with Crippen LogP contribution in [0.5, 0.6) is 0 Å². The second-order valence-corrected chi connectivity index (χ2v) is 5.70. The van der Waals surface area contributed by atoms with E-state index in [1.807, 2.05) is 7.05 Å². The van der Waals surface area contributed by atoms with Crippen LogP contribution in [0.15, 0.2) is 0 Å². The Balaban J connectivity index is 2.68. The number of hydrogen-bond donors (Lipinski definition) is 1. The molecule has 1 aromatic rings. The molecule has 0 saturated carbocycles. The van der Waals surface area contributed by atoms with E-state index < -0.39 is 0 Å². The number of aromatic nitrogens is 1. The van der Waals surface area contributed by atoms with Crippen LogP contribution in [-0.4, -0.2) is 31.3 Å². The van der Waals surface area contributed by atoms with Crippen LogP contribution in [0, 0.1) is 13.8 Å². The molecule has 17 heavy (non-hydrogen) atoms. The Hall–Kier alpha value is -0.450. The van der Waals surface area contributed by atoms with Gasteiger partial charge in [0.25, 0.3) is 0 Å². The molecule has 0 amide bonds. The minimum absolute atomic E-state index is 0.273. The van der Waals surface area contributed by atoms with E-state index >= 15 is 0 Å². The Kier molecular flexibility index (Phi) is 6.09. The van der Waals surface area contributed by atoms with Crippen molar-refractivity contribution in [2.45, 2.75) is 52.2 Å². The lowest BCUT2D eigenvalue weighted by molar-refractivity contribution is 0.0633. The van der Waals surface area contributed by atoms with Crippen molar-refractivity contribution in [3.8, 4) is 0 Å². The highest BCUT2D eigenvalue weighted by atomic mass is 32.1. The summed E-state index contributed by atoms with van der Waals surface area (Å²) in [6.45, 7) is 6.39. The minimum Gasteiger partial charge on any atom is -0.380 e. The van der Waals surface area contributed by atoms with Crippen molar-refractivity contribution in [1.29, 1.82) is 0 Å². The zero-order valence-corrected chi connectivity index (χ0v) is 12.4.